The van der Waals surface area contributed by atoms with Crippen molar-refractivity contribution in [1.29, 1.82) is 0 Å². The lowest BCUT2D eigenvalue weighted by atomic mass is 10.00. The maximum absolute atomic E-state index is 14.6. The molecule has 0 fully saturated rings. The first-order chi connectivity index (χ1) is 18.1. The number of methoxy groups -OCH3 is 1. The molecule has 0 atom stereocenters. The molecule has 1 aromatic heterocycles. The van der Waals surface area contributed by atoms with Crippen molar-refractivity contribution in [3.05, 3.63) is 72.2 Å². The number of pyridine rings is 1. The first kappa shape index (κ1) is 26.7. The molecule has 0 bridgehead atoms. The number of ether oxygens (including phenoxy) is 5. The molecule has 7 nitrogen and oxygen atoms in total. The fraction of sp³-hybridized carbons (Fsp3) is 0.241. The highest BCUT2D eigenvalue weighted by molar-refractivity contribution is 5.96. The van der Waals surface area contributed by atoms with Crippen LogP contribution in [0.4, 0.5) is 13.6 Å². The Balaban J connectivity index is 1.68. The number of fused-ring (bicyclic) bond motifs is 1. The van der Waals surface area contributed by atoms with Gasteiger partial charge in [-0.25, -0.2) is 9.18 Å². The lowest BCUT2D eigenvalue weighted by Gasteiger charge is -2.17. The molecule has 0 unspecified atom stereocenters. The topological polar surface area (TPSA) is 76.1 Å². The highest BCUT2D eigenvalue weighted by Crippen LogP contribution is 2.41. The van der Waals surface area contributed by atoms with Crippen LogP contribution in [-0.4, -0.2) is 30.7 Å². The molecule has 0 spiro atoms. The van der Waals surface area contributed by atoms with E-state index in [9.17, 15) is 13.6 Å². The van der Waals surface area contributed by atoms with E-state index in [1.54, 1.807) is 62.4 Å². The van der Waals surface area contributed by atoms with E-state index in [1.807, 2.05) is 0 Å². The minimum absolute atomic E-state index is 0.0220. The smallest absolute Gasteiger partial charge is 0.494 e. The van der Waals surface area contributed by atoms with E-state index in [0.717, 1.165) is 0 Å². The van der Waals surface area contributed by atoms with Crippen molar-refractivity contribution in [1.82, 2.24) is 4.98 Å². The fourth-order valence-electron chi connectivity index (χ4n) is 3.87. The molecule has 0 aliphatic rings. The third-order valence-electron chi connectivity index (χ3n) is 5.40. The minimum atomic E-state index is -1.79. The second kappa shape index (κ2) is 10.9. The molecule has 4 aromatic rings. The first-order valence-corrected chi connectivity index (χ1v) is 11.9. The van der Waals surface area contributed by atoms with Crippen LogP contribution in [0.5, 0.6) is 28.7 Å². The zero-order chi connectivity index (χ0) is 27.4. The Kier molecular flexibility index (Phi) is 7.66. The van der Waals surface area contributed by atoms with Gasteiger partial charge in [0.2, 0.25) is 5.85 Å². The molecule has 3 aromatic carbocycles. The second-order valence-corrected chi connectivity index (χ2v) is 8.75. The number of aromatic nitrogens is 1. The van der Waals surface area contributed by atoms with Crippen LogP contribution in [0.2, 0.25) is 0 Å². The summed E-state index contributed by atoms with van der Waals surface area (Å²) in [5.41, 5.74) is 2.10. The predicted octanol–water partition coefficient (Wildman–Crippen LogP) is 7.77. The van der Waals surface area contributed by atoms with Crippen LogP contribution >= 0.6 is 0 Å². The summed E-state index contributed by atoms with van der Waals surface area (Å²) in [6.45, 7) is 6.17. The number of nitrogens with zero attached hydrogens (tertiary/aromatic N) is 1. The normalized spacial score (nSPS) is 11.2. The summed E-state index contributed by atoms with van der Waals surface area (Å²) in [6, 6.07) is 16.2. The first-order valence-electron chi connectivity index (χ1n) is 11.9. The second-order valence-electron chi connectivity index (χ2n) is 8.75. The van der Waals surface area contributed by atoms with E-state index in [0.29, 0.717) is 39.6 Å². The Labute approximate surface area is 218 Å². The maximum Gasteiger partial charge on any atom is 0.513 e. The molecule has 38 heavy (non-hydrogen) atoms. The molecule has 0 saturated carbocycles. The lowest BCUT2D eigenvalue weighted by molar-refractivity contribution is -0.0257. The van der Waals surface area contributed by atoms with E-state index >= 15 is 0 Å². The van der Waals surface area contributed by atoms with Crippen molar-refractivity contribution in [2.24, 2.45) is 0 Å². The Hall–Kier alpha value is -4.40. The van der Waals surface area contributed by atoms with Gasteiger partial charge in [-0.3, -0.25) is 4.98 Å². The SMILES string of the molecule is CCOC(=O)Oc1c(-c2ccc(Oc3ccc(OC(C)(C)F)cc3)cc2)c(C)nc2cc(OC)c(F)cc12. The third-order valence-corrected chi connectivity index (χ3v) is 5.40. The Bertz CT molecular complexity index is 1450. The van der Waals surface area contributed by atoms with Crippen molar-refractivity contribution >= 4 is 17.1 Å². The molecular weight excluding hydrogens is 496 g/mol. The van der Waals surface area contributed by atoms with Gasteiger partial charge in [0, 0.05) is 36.6 Å². The summed E-state index contributed by atoms with van der Waals surface area (Å²) in [6.07, 6.45) is -0.916. The average Bonchev–Trinajstić information content (AvgIpc) is 2.85. The number of carbonyl (C=O) groups is 1. The molecule has 9 heteroatoms. The van der Waals surface area contributed by atoms with Crippen LogP contribution in [0.1, 0.15) is 26.5 Å². The number of hydrogen-bond donors (Lipinski definition) is 0. The standard InChI is InChI=1S/C29H27F2NO6/c1-6-35-28(33)37-27-22-15-23(30)25(34-5)16-24(22)32-17(2)26(27)18-7-9-19(10-8-18)36-20-11-13-21(14-12-20)38-29(3,4)31/h7-16H,6H2,1-5H3. The molecule has 4 rings (SSSR count). The number of halogens is 2. The van der Waals surface area contributed by atoms with Crippen LogP contribution in [0.25, 0.3) is 22.0 Å². The van der Waals surface area contributed by atoms with Crippen LogP contribution in [-0.2, 0) is 4.74 Å². The van der Waals surface area contributed by atoms with Crippen molar-refractivity contribution in [2.45, 2.75) is 33.5 Å². The Morgan fingerprint density at radius 2 is 1.58 bits per heavy atom. The highest BCUT2D eigenvalue weighted by Gasteiger charge is 2.22. The summed E-state index contributed by atoms with van der Waals surface area (Å²) >= 11 is 0. The van der Waals surface area contributed by atoms with E-state index in [-0.39, 0.29) is 23.5 Å². The van der Waals surface area contributed by atoms with Gasteiger partial charge in [0.15, 0.2) is 17.3 Å². The van der Waals surface area contributed by atoms with E-state index in [1.165, 1.54) is 33.1 Å². The third kappa shape index (κ3) is 6.11. The zero-order valence-corrected chi connectivity index (χ0v) is 21.6. The predicted molar refractivity (Wildman–Crippen MR) is 138 cm³/mol. The molecule has 0 aliphatic heterocycles. The van der Waals surface area contributed by atoms with Gasteiger partial charge >= 0.3 is 6.16 Å². The quantitative estimate of drug-likeness (QED) is 0.218. The van der Waals surface area contributed by atoms with Crippen LogP contribution in [0.3, 0.4) is 0 Å². The number of hydrogen-bond acceptors (Lipinski definition) is 7. The molecule has 0 N–H and O–H groups in total. The van der Waals surface area contributed by atoms with Crippen LogP contribution in [0.15, 0.2) is 60.7 Å². The number of aryl methyl sites for hydroxylation is 1. The summed E-state index contributed by atoms with van der Waals surface area (Å²) in [5.74, 6) is -0.837. The summed E-state index contributed by atoms with van der Waals surface area (Å²) in [7, 11) is 1.36. The van der Waals surface area contributed by atoms with Crippen LogP contribution in [0, 0.1) is 12.7 Å². The van der Waals surface area contributed by atoms with Gasteiger partial charge in [0.25, 0.3) is 0 Å². The largest absolute Gasteiger partial charge is 0.513 e. The monoisotopic (exact) mass is 523 g/mol. The molecule has 0 saturated heterocycles. The molecular formula is C29H27F2NO6. The van der Waals surface area contributed by atoms with Gasteiger partial charge in [0.1, 0.15) is 17.2 Å². The van der Waals surface area contributed by atoms with Crippen molar-refractivity contribution in [3.8, 4) is 39.9 Å². The summed E-state index contributed by atoms with van der Waals surface area (Å²) in [5, 5.41) is 0.288. The van der Waals surface area contributed by atoms with Crippen molar-refractivity contribution in [2.75, 3.05) is 13.7 Å². The van der Waals surface area contributed by atoms with E-state index < -0.39 is 17.8 Å². The Morgan fingerprint density at radius 1 is 0.974 bits per heavy atom. The zero-order valence-electron chi connectivity index (χ0n) is 21.6. The van der Waals surface area contributed by atoms with Gasteiger partial charge in [-0.05, 0) is 61.9 Å². The highest BCUT2D eigenvalue weighted by atomic mass is 19.2. The molecule has 0 aliphatic carbocycles. The molecule has 1 heterocycles. The maximum atomic E-state index is 14.6. The lowest BCUT2D eigenvalue weighted by Crippen LogP contribution is -2.20. The summed E-state index contributed by atoms with van der Waals surface area (Å²) in [4.78, 5) is 16.9. The number of benzene rings is 3. The fourth-order valence-corrected chi connectivity index (χ4v) is 3.87. The van der Waals surface area contributed by atoms with E-state index in [4.69, 9.17) is 23.7 Å². The van der Waals surface area contributed by atoms with Gasteiger partial charge < -0.3 is 23.7 Å². The summed E-state index contributed by atoms with van der Waals surface area (Å²) < 4.78 is 55.0. The minimum Gasteiger partial charge on any atom is -0.494 e. The Morgan fingerprint density at radius 3 is 2.16 bits per heavy atom. The number of alkyl halides is 1. The van der Waals surface area contributed by atoms with Gasteiger partial charge in [-0.15, -0.1) is 0 Å². The van der Waals surface area contributed by atoms with Crippen molar-refractivity contribution < 1.29 is 37.3 Å². The van der Waals surface area contributed by atoms with Gasteiger partial charge in [0.05, 0.1) is 19.2 Å². The van der Waals surface area contributed by atoms with Crippen LogP contribution < -0.4 is 18.9 Å². The van der Waals surface area contributed by atoms with Gasteiger partial charge in [-0.2, -0.15) is 4.39 Å². The molecule has 0 radical (unpaired) electrons. The van der Waals surface area contributed by atoms with E-state index in [2.05, 4.69) is 4.98 Å². The average molecular weight is 524 g/mol. The van der Waals surface area contributed by atoms with Gasteiger partial charge in [-0.1, -0.05) is 12.1 Å². The number of rotatable bonds is 8. The molecule has 198 valence electrons. The molecule has 0 amide bonds. The van der Waals surface area contributed by atoms with Crippen molar-refractivity contribution in [3.63, 3.8) is 0 Å². The number of carbonyl (C=O) groups excluding carboxylic acids is 1.